The van der Waals surface area contributed by atoms with E-state index in [4.69, 9.17) is 46.4 Å². The van der Waals surface area contributed by atoms with Gasteiger partial charge in [0.1, 0.15) is 10.5 Å². The van der Waals surface area contributed by atoms with E-state index in [1.165, 1.54) is 12.8 Å². The van der Waals surface area contributed by atoms with Crippen LogP contribution in [0.1, 0.15) is 64.2 Å². The maximum absolute atomic E-state index is 13.3. The second-order valence-electron chi connectivity index (χ2n) is 17.2. The van der Waals surface area contributed by atoms with Gasteiger partial charge in [-0.25, -0.2) is 0 Å². The molecule has 9 rings (SSSR count). The van der Waals surface area contributed by atoms with Crippen molar-refractivity contribution in [2.45, 2.75) is 146 Å². The number of hydrogen-bond acceptors (Lipinski definition) is 12. The maximum atomic E-state index is 13.3. The predicted molar refractivity (Wildman–Crippen MR) is 199 cm³/mol. The van der Waals surface area contributed by atoms with Crippen molar-refractivity contribution in [3.8, 4) is 0 Å². The fourth-order valence-corrected chi connectivity index (χ4v) is 17.8. The van der Waals surface area contributed by atoms with E-state index in [1.54, 1.807) is 0 Å². The van der Waals surface area contributed by atoms with Gasteiger partial charge in [0.2, 0.25) is 0 Å². The Morgan fingerprint density at radius 3 is 1.19 bits per heavy atom. The summed E-state index contributed by atoms with van der Waals surface area (Å²) in [5, 5.41) is 23.4. The van der Waals surface area contributed by atoms with Crippen LogP contribution in [0, 0.1) is 47.3 Å². The van der Waals surface area contributed by atoms with Crippen molar-refractivity contribution in [2.75, 3.05) is 0 Å². The van der Waals surface area contributed by atoms with Crippen LogP contribution < -0.4 is 42.5 Å². The molecule has 22 unspecified atom stereocenters. The zero-order valence-corrected chi connectivity index (χ0v) is 33.3. The Morgan fingerprint density at radius 1 is 0.385 bits per heavy atom. The largest absolute Gasteiger partial charge is 0.286 e. The van der Waals surface area contributed by atoms with Crippen LogP contribution in [0.2, 0.25) is 0 Å². The van der Waals surface area contributed by atoms with Crippen molar-refractivity contribution in [2.24, 2.45) is 47.3 Å². The van der Waals surface area contributed by atoms with Crippen LogP contribution in [0.5, 0.6) is 0 Å². The molecule has 9 fully saturated rings. The minimum absolute atomic E-state index is 0.0164. The summed E-state index contributed by atoms with van der Waals surface area (Å²) in [6, 6.07) is 0. The van der Waals surface area contributed by atoms with E-state index < -0.39 is 65.7 Å². The molecule has 4 saturated carbocycles. The number of nitrogens with one attached hydrogen (secondary N) is 8. The average molecular weight is 851 g/mol. The Hall–Kier alpha value is 0.660. The van der Waals surface area contributed by atoms with Gasteiger partial charge in [0.15, 0.2) is 0 Å². The van der Waals surface area contributed by atoms with Gasteiger partial charge in [-0.1, -0.05) is 25.7 Å². The van der Waals surface area contributed by atoms with E-state index >= 15 is 0 Å². The Bertz CT molecular complexity index is 1590. The van der Waals surface area contributed by atoms with E-state index in [0.717, 1.165) is 51.4 Å². The van der Waals surface area contributed by atoms with Crippen LogP contribution in [0.3, 0.4) is 0 Å². The molecule has 8 bridgehead atoms. The minimum atomic E-state index is -5.08. The molecular weight excluding hydrogens is 798 g/mol. The molecule has 0 spiro atoms. The molecular formula is C32H52Cl4N8O6S2. The minimum Gasteiger partial charge on any atom is -0.286 e. The number of fused-ring (bicyclic) bond motifs is 20. The van der Waals surface area contributed by atoms with Crippen LogP contribution in [0.25, 0.3) is 0 Å². The van der Waals surface area contributed by atoms with Crippen molar-refractivity contribution < 1.29 is 25.9 Å². The monoisotopic (exact) mass is 848 g/mol. The Kier molecular flexibility index (Phi) is 10.4. The third kappa shape index (κ3) is 6.41. The van der Waals surface area contributed by atoms with Gasteiger partial charge in [-0.05, 0) is 68.1 Å². The van der Waals surface area contributed by atoms with Crippen LogP contribution in [0.4, 0.5) is 0 Å². The lowest BCUT2D eigenvalue weighted by molar-refractivity contribution is 0.170. The fourth-order valence-electron chi connectivity index (χ4n) is 12.6. The summed E-state index contributed by atoms with van der Waals surface area (Å²) in [7, 11) is -10.1. The molecule has 5 aliphatic heterocycles. The molecule has 0 aromatic rings. The summed E-state index contributed by atoms with van der Waals surface area (Å²) in [5.74, 6) is -0.384. The SMILES string of the molecule is O=S(=O)(O)C1C(Cl)C(Cl)C2C3NC4NC(NC5NC(NC6NC(NC(N3)C2C1S(=O)(=O)O)C1CCCCC61)C1CCCCC51)C1CCC(Cl)C(Cl)C41. The van der Waals surface area contributed by atoms with Crippen LogP contribution >= 0.6 is 46.4 Å². The number of alkyl halides is 4. The zero-order chi connectivity index (χ0) is 36.4. The van der Waals surface area contributed by atoms with E-state index in [-0.39, 0.29) is 65.5 Å². The normalized spacial score (nSPS) is 56.3. The van der Waals surface area contributed by atoms with Gasteiger partial charge in [-0.15, -0.1) is 46.4 Å². The molecule has 0 amide bonds. The van der Waals surface area contributed by atoms with E-state index in [0.29, 0.717) is 17.8 Å². The van der Waals surface area contributed by atoms with Gasteiger partial charge in [0.05, 0.1) is 70.8 Å². The third-order valence-electron chi connectivity index (χ3n) is 14.7. The Morgan fingerprint density at radius 2 is 0.750 bits per heavy atom. The van der Waals surface area contributed by atoms with Crippen molar-refractivity contribution in [1.29, 1.82) is 0 Å². The van der Waals surface area contributed by atoms with Crippen LogP contribution in [-0.4, -0.2) is 107 Å². The molecule has 296 valence electrons. The molecule has 4 aliphatic carbocycles. The van der Waals surface area contributed by atoms with Gasteiger partial charge in [-0.3, -0.25) is 51.6 Å². The first-order chi connectivity index (χ1) is 24.7. The van der Waals surface area contributed by atoms with E-state index in [9.17, 15) is 25.9 Å². The molecule has 0 radical (unpaired) electrons. The number of halogens is 4. The molecule has 52 heavy (non-hydrogen) atoms. The Labute approximate surface area is 326 Å². The number of rotatable bonds is 2. The third-order valence-corrected chi connectivity index (χ3v) is 20.1. The summed E-state index contributed by atoms with van der Waals surface area (Å²) in [6.07, 6.45) is 8.43. The highest BCUT2D eigenvalue weighted by Gasteiger charge is 2.66. The van der Waals surface area contributed by atoms with Crippen molar-refractivity contribution >= 4 is 66.6 Å². The summed E-state index contributed by atoms with van der Waals surface area (Å²) in [4.78, 5) is 0. The molecule has 5 saturated heterocycles. The second kappa shape index (κ2) is 14.2. The van der Waals surface area contributed by atoms with Gasteiger partial charge >= 0.3 is 0 Å². The summed E-state index contributed by atoms with van der Waals surface area (Å²) >= 11 is 27.8. The summed E-state index contributed by atoms with van der Waals surface area (Å²) in [5.41, 5.74) is 0. The topological polar surface area (TPSA) is 205 Å². The molecule has 0 aromatic heterocycles. The predicted octanol–water partition coefficient (Wildman–Crippen LogP) is 1.21. The van der Waals surface area contributed by atoms with Gasteiger partial charge in [0, 0.05) is 17.8 Å². The average Bonchev–Trinajstić information content (AvgIpc) is 3.82. The first-order valence-corrected chi connectivity index (χ1v) is 24.0. The van der Waals surface area contributed by atoms with Crippen LogP contribution in [0.15, 0.2) is 0 Å². The summed E-state index contributed by atoms with van der Waals surface area (Å²) in [6.45, 7) is 0. The molecule has 0 aromatic carbocycles. The molecule has 10 N–H and O–H groups in total. The lowest BCUT2D eigenvalue weighted by Gasteiger charge is -2.45. The second-order valence-corrected chi connectivity index (χ2v) is 22.4. The van der Waals surface area contributed by atoms with Gasteiger partial charge < -0.3 is 0 Å². The lowest BCUT2D eigenvalue weighted by Crippen LogP contribution is -2.65. The zero-order valence-electron chi connectivity index (χ0n) is 28.6. The lowest BCUT2D eigenvalue weighted by atomic mass is 9.75. The van der Waals surface area contributed by atoms with Gasteiger partial charge in [0.25, 0.3) is 20.2 Å². The highest BCUT2D eigenvalue weighted by molar-refractivity contribution is 7.90. The highest BCUT2D eigenvalue weighted by atomic mass is 35.5. The molecule has 14 nitrogen and oxygen atoms in total. The van der Waals surface area contributed by atoms with E-state index in [2.05, 4.69) is 42.5 Å². The maximum Gasteiger partial charge on any atom is 0.270 e. The molecule has 22 atom stereocenters. The first-order valence-electron chi connectivity index (χ1n) is 19.3. The van der Waals surface area contributed by atoms with Crippen LogP contribution in [-0.2, 0) is 20.2 Å². The summed E-state index contributed by atoms with van der Waals surface area (Å²) < 4.78 is 73.5. The quantitative estimate of drug-likeness (QED) is 0.140. The smallest absolute Gasteiger partial charge is 0.270 e. The molecule has 5 heterocycles. The Balaban J connectivity index is 1.13. The van der Waals surface area contributed by atoms with Crippen molar-refractivity contribution in [3.05, 3.63) is 0 Å². The number of hydrogen-bond donors (Lipinski definition) is 10. The van der Waals surface area contributed by atoms with Crippen molar-refractivity contribution in [1.82, 2.24) is 42.5 Å². The van der Waals surface area contributed by atoms with Crippen molar-refractivity contribution in [3.63, 3.8) is 0 Å². The highest BCUT2D eigenvalue weighted by Crippen LogP contribution is 2.50. The standard InChI is InChI=1S/C32H52Cl4N8O6S2/c33-16-10-9-15-17(20(16)34)30-42-29(15)40-27-12-6-2-1-5-11(12)25(38-27)37-26-13-7-3-4-8-14(13)28(39-26)41-32-19-18(31(43-30)44-32)21(35)22(36)24(52(48,49)50)23(19)51(45,46)47/h11-32,37-44H,1-10H2,(H,45,46,47)(H,48,49,50). The van der Waals surface area contributed by atoms with Gasteiger partial charge in [-0.2, -0.15) is 16.8 Å². The molecule has 9 aliphatic rings. The van der Waals surface area contributed by atoms with E-state index in [1.807, 2.05) is 0 Å². The first kappa shape index (κ1) is 38.2. The molecule has 20 heteroatoms. The fraction of sp³-hybridized carbons (Fsp3) is 1.00.